The Balaban J connectivity index is 1.40. The van der Waals surface area contributed by atoms with Crippen molar-refractivity contribution in [1.82, 2.24) is 14.9 Å². The van der Waals surface area contributed by atoms with Gasteiger partial charge in [-0.1, -0.05) is 11.6 Å². The number of nitrogens with two attached hydrogens (primary N) is 1. The summed E-state index contributed by atoms with van der Waals surface area (Å²) in [4.78, 5) is 25.5. The normalized spacial score (nSPS) is 23.0. The minimum Gasteiger partial charge on any atom is -0.421 e. The van der Waals surface area contributed by atoms with E-state index < -0.39 is 23.9 Å². The number of oxazole rings is 1. The molecule has 5 rings (SSSR count). The number of fused-ring (bicyclic) bond motifs is 2. The monoisotopic (exact) mass is 509 g/mol. The lowest BCUT2D eigenvalue weighted by Gasteiger charge is -2.42. The number of rotatable bonds is 2. The largest absolute Gasteiger partial charge is 0.421 e. The molecule has 2 aliphatic rings. The van der Waals surface area contributed by atoms with E-state index in [2.05, 4.69) is 9.97 Å². The molecule has 0 saturated carbocycles. The van der Waals surface area contributed by atoms with Gasteiger partial charge in [-0.3, -0.25) is 9.78 Å². The number of carbonyl (C=O) groups excluding carboxylic acids is 1. The van der Waals surface area contributed by atoms with Crippen LogP contribution in [0.15, 0.2) is 28.9 Å². The van der Waals surface area contributed by atoms with E-state index in [1.54, 1.807) is 24.2 Å². The van der Waals surface area contributed by atoms with Crippen molar-refractivity contribution in [2.24, 2.45) is 0 Å². The van der Waals surface area contributed by atoms with Crippen molar-refractivity contribution in [3.05, 3.63) is 46.2 Å². The summed E-state index contributed by atoms with van der Waals surface area (Å²) in [6, 6.07) is 1.56. The molecule has 0 unspecified atom stereocenters. The average molecular weight is 510 g/mol. The van der Waals surface area contributed by atoms with Crippen LogP contribution in [0.2, 0.25) is 5.02 Å². The molecule has 8 nitrogen and oxygen atoms in total. The van der Waals surface area contributed by atoms with Crippen molar-refractivity contribution in [3.63, 3.8) is 0 Å². The van der Waals surface area contributed by atoms with Crippen molar-refractivity contribution < 1.29 is 27.1 Å². The summed E-state index contributed by atoms with van der Waals surface area (Å²) in [6.07, 6.45) is -2.13. The number of aromatic nitrogens is 2. The molecule has 0 spiro atoms. The van der Waals surface area contributed by atoms with E-state index in [9.17, 15) is 18.0 Å². The number of ether oxygens (including phenoxy) is 1. The molecule has 4 heterocycles. The number of amides is 1. The number of halogens is 4. The van der Waals surface area contributed by atoms with Crippen LogP contribution in [0.25, 0.3) is 11.1 Å². The second-order valence-corrected chi connectivity index (χ2v) is 9.29. The minimum absolute atomic E-state index is 0.0000392. The maximum absolute atomic E-state index is 13.6. The van der Waals surface area contributed by atoms with Gasteiger partial charge >= 0.3 is 6.18 Å². The number of anilines is 2. The maximum atomic E-state index is 13.6. The minimum atomic E-state index is -4.49. The van der Waals surface area contributed by atoms with E-state index in [1.807, 2.05) is 11.8 Å². The summed E-state index contributed by atoms with van der Waals surface area (Å²) in [5, 5.41) is 0.0000392. The van der Waals surface area contributed by atoms with Gasteiger partial charge in [-0.15, -0.1) is 0 Å². The Bertz CT molecular complexity index is 1300. The molecule has 186 valence electrons. The SMILES string of the molecule is C[C@H]1CN(c2cncc3nc(N)oc23)C[C@H](C(=O)N2CCc3cc(C(F)(F)F)cc(Cl)c3[C@@H]2C)O1. The smallest absolute Gasteiger partial charge is 0.416 e. The van der Waals surface area contributed by atoms with E-state index >= 15 is 0 Å². The highest BCUT2D eigenvalue weighted by Gasteiger charge is 2.39. The first-order valence-electron chi connectivity index (χ1n) is 11.1. The number of carbonyl (C=O) groups is 1. The summed E-state index contributed by atoms with van der Waals surface area (Å²) < 4.78 is 51.2. The van der Waals surface area contributed by atoms with Crippen molar-refractivity contribution in [2.45, 2.75) is 44.7 Å². The van der Waals surface area contributed by atoms with Gasteiger partial charge in [0.25, 0.3) is 11.9 Å². The summed E-state index contributed by atoms with van der Waals surface area (Å²) in [5.41, 5.74) is 7.59. The Hall–Kier alpha value is -3.05. The number of pyridine rings is 1. The third-order valence-corrected chi connectivity index (χ3v) is 6.82. The predicted octanol–water partition coefficient (Wildman–Crippen LogP) is 4.22. The molecule has 0 bridgehead atoms. The lowest BCUT2D eigenvalue weighted by molar-refractivity contribution is -0.151. The highest BCUT2D eigenvalue weighted by atomic mass is 35.5. The molecular weight excluding hydrogens is 487 g/mol. The third kappa shape index (κ3) is 4.27. The maximum Gasteiger partial charge on any atom is 0.416 e. The number of nitrogen functional groups attached to an aromatic ring is 1. The summed E-state index contributed by atoms with van der Waals surface area (Å²) in [5.74, 6) is -0.257. The summed E-state index contributed by atoms with van der Waals surface area (Å²) >= 11 is 6.28. The van der Waals surface area contributed by atoms with Gasteiger partial charge in [-0.25, -0.2) is 0 Å². The van der Waals surface area contributed by atoms with Gasteiger partial charge in [0, 0.05) is 18.1 Å². The van der Waals surface area contributed by atoms with Crippen LogP contribution >= 0.6 is 11.6 Å². The fourth-order valence-corrected chi connectivity index (χ4v) is 5.35. The van der Waals surface area contributed by atoms with Gasteiger partial charge in [-0.05, 0) is 43.5 Å². The lowest BCUT2D eigenvalue weighted by Crippen LogP contribution is -2.55. The first-order valence-corrected chi connectivity index (χ1v) is 11.5. The molecular formula is C23H23ClF3N5O3. The van der Waals surface area contributed by atoms with Crippen LogP contribution in [0.5, 0.6) is 0 Å². The first kappa shape index (κ1) is 23.7. The van der Waals surface area contributed by atoms with Gasteiger partial charge < -0.3 is 24.7 Å². The third-order valence-electron chi connectivity index (χ3n) is 6.51. The number of nitrogens with zero attached hydrogens (tertiary/aromatic N) is 4. The van der Waals surface area contributed by atoms with Crippen LogP contribution < -0.4 is 10.6 Å². The second kappa shape index (κ2) is 8.56. The van der Waals surface area contributed by atoms with E-state index in [0.717, 1.165) is 12.1 Å². The standard InChI is InChI=1S/C23H23ClF3N5O3/c1-11-9-31(17-8-29-7-16-20(17)35-22(28)30-16)10-18(34-11)21(33)32-4-3-13-5-14(23(25,26)27)6-15(24)19(13)12(32)2/h5-8,11-12,18H,3-4,9-10H2,1-2H3,(H2,28,30)/t11-,12-,18+/m0/s1. The summed E-state index contributed by atoms with van der Waals surface area (Å²) in [7, 11) is 0. The zero-order valence-corrected chi connectivity index (χ0v) is 19.7. The van der Waals surface area contributed by atoms with E-state index in [1.165, 1.54) is 0 Å². The number of hydrogen-bond donors (Lipinski definition) is 1. The van der Waals surface area contributed by atoms with Crippen molar-refractivity contribution >= 4 is 40.3 Å². The molecule has 1 aromatic carbocycles. The molecule has 2 aliphatic heterocycles. The fraction of sp³-hybridized carbons (Fsp3) is 0.435. The number of morpholine rings is 1. The van der Waals surface area contributed by atoms with Gasteiger partial charge in [0.1, 0.15) is 11.2 Å². The van der Waals surface area contributed by atoms with Gasteiger partial charge in [0.05, 0.1) is 36.6 Å². The number of alkyl halides is 3. The van der Waals surface area contributed by atoms with Crippen molar-refractivity contribution in [1.29, 1.82) is 0 Å². The second-order valence-electron chi connectivity index (χ2n) is 8.89. The fourth-order valence-electron chi connectivity index (χ4n) is 4.96. The number of benzene rings is 1. The first-order chi connectivity index (χ1) is 16.5. The van der Waals surface area contributed by atoms with Crippen LogP contribution in [-0.4, -0.2) is 52.6 Å². The van der Waals surface area contributed by atoms with E-state index in [0.29, 0.717) is 34.5 Å². The van der Waals surface area contributed by atoms with Crippen LogP contribution in [0.3, 0.4) is 0 Å². The molecule has 12 heteroatoms. The predicted molar refractivity (Wildman–Crippen MR) is 123 cm³/mol. The molecule has 2 aromatic heterocycles. The van der Waals surface area contributed by atoms with Gasteiger partial charge in [-0.2, -0.15) is 18.2 Å². The molecule has 35 heavy (non-hydrogen) atoms. The molecule has 0 aliphatic carbocycles. The molecule has 1 saturated heterocycles. The Morgan fingerprint density at radius 3 is 2.74 bits per heavy atom. The molecule has 0 radical (unpaired) electrons. The Kier molecular flexibility index (Phi) is 5.79. The van der Waals surface area contributed by atoms with Gasteiger partial charge in [0.2, 0.25) is 0 Å². The Morgan fingerprint density at radius 2 is 2.00 bits per heavy atom. The van der Waals surface area contributed by atoms with Gasteiger partial charge in [0.15, 0.2) is 11.7 Å². The topological polar surface area (TPSA) is 97.7 Å². The zero-order chi connectivity index (χ0) is 25.1. The molecule has 3 aromatic rings. The molecule has 2 N–H and O–H groups in total. The van der Waals surface area contributed by atoms with Crippen LogP contribution in [0.4, 0.5) is 24.9 Å². The van der Waals surface area contributed by atoms with Crippen LogP contribution in [-0.2, 0) is 22.1 Å². The molecule has 3 atom stereocenters. The Morgan fingerprint density at radius 1 is 1.23 bits per heavy atom. The molecule has 1 fully saturated rings. The van der Waals surface area contributed by atoms with Crippen molar-refractivity contribution in [2.75, 3.05) is 30.3 Å². The quantitative estimate of drug-likeness (QED) is 0.552. The van der Waals surface area contributed by atoms with Crippen LogP contribution in [0, 0.1) is 0 Å². The highest BCUT2D eigenvalue weighted by molar-refractivity contribution is 6.31. The van der Waals surface area contributed by atoms with Crippen LogP contribution in [0.1, 0.15) is 36.6 Å². The average Bonchev–Trinajstić information content (AvgIpc) is 3.17. The Labute approximate surface area is 203 Å². The van der Waals surface area contributed by atoms with E-state index in [-0.39, 0.29) is 42.6 Å². The lowest BCUT2D eigenvalue weighted by atomic mass is 9.91. The highest BCUT2D eigenvalue weighted by Crippen LogP contribution is 2.40. The number of hydrogen-bond acceptors (Lipinski definition) is 7. The van der Waals surface area contributed by atoms with Crippen molar-refractivity contribution in [3.8, 4) is 0 Å². The molecule has 1 amide bonds. The zero-order valence-electron chi connectivity index (χ0n) is 19.0. The summed E-state index contributed by atoms with van der Waals surface area (Å²) in [6.45, 7) is 4.62. The van der Waals surface area contributed by atoms with E-state index in [4.69, 9.17) is 26.5 Å².